The molecule has 1 heterocycles. The molecule has 0 aliphatic carbocycles. The average molecular weight is 439 g/mol. The zero-order chi connectivity index (χ0) is 16.4. The maximum Gasteiger partial charge on any atom is 0.191 e. The molecule has 1 unspecified atom stereocenters. The van der Waals surface area contributed by atoms with E-state index >= 15 is 0 Å². The van der Waals surface area contributed by atoms with Gasteiger partial charge in [-0.2, -0.15) is 0 Å². The number of ether oxygens (including phenoxy) is 1. The van der Waals surface area contributed by atoms with Crippen LogP contribution in [0.2, 0.25) is 0 Å². The monoisotopic (exact) mass is 439 g/mol. The summed E-state index contributed by atoms with van der Waals surface area (Å²) in [6.45, 7) is 10.8. The number of rotatable bonds is 9. The third-order valence-electron chi connectivity index (χ3n) is 3.12. The van der Waals surface area contributed by atoms with Crippen LogP contribution in [0.4, 0.5) is 0 Å². The van der Waals surface area contributed by atoms with Gasteiger partial charge in [0.15, 0.2) is 5.96 Å². The van der Waals surface area contributed by atoms with E-state index in [4.69, 9.17) is 9.15 Å². The van der Waals surface area contributed by atoms with Gasteiger partial charge in [0.2, 0.25) is 0 Å². The molecule has 0 saturated heterocycles. The molecular weight excluding hydrogens is 409 g/mol. The third kappa shape index (κ3) is 8.57. The Balaban J connectivity index is 0.00000484. The van der Waals surface area contributed by atoms with Crippen LogP contribution in [0, 0.1) is 6.92 Å². The Hall–Kier alpha value is -0.800. The van der Waals surface area contributed by atoms with Gasteiger partial charge in [-0.3, -0.25) is 0 Å². The summed E-state index contributed by atoms with van der Waals surface area (Å²) in [6.07, 6.45) is 0.909. The second kappa shape index (κ2) is 11.7. The summed E-state index contributed by atoms with van der Waals surface area (Å²) in [5.74, 6) is 1.99. The summed E-state index contributed by atoms with van der Waals surface area (Å²) in [5.41, 5.74) is -1.12. The molecule has 3 N–H and O–H groups in total. The number of nitrogens with one attached hydrogen (secondary N) is 2. The van der Waals surface area contributed by atoms with Gasteiger partial charge in [-0.15, -0.1) is 24.0 Å². The van der Waals surface area contributed by atoms with Crippen molar-refractivity contribution in [2.45, 2.75) is 39.7 Å². The van der Waals surface area contributed by atoms with E-state index < -0.39 is 5.60 Å². The van der Waals surface area contributed by atoms with Crippen molar-refractivity contribution in [3.63, 3.8) is 0 Å². The first-order valence-electron chi connectivity index (χ1n) is 7.88. The van der Waals surface area contributed by atoms with Gasteiger partial charge in [-0.05, 0) is 46.2 Å². The third-order valence-corrected chi connectivity index (χ3v) is 3.12. The molecule has 0 amide bonds. The van der Waals surface area contributed by atoms with Gasteiger partial charge in [-0.25, -0.2) is 4.99 Å². The highest BCUT2D eigenvalue weighted by Crippen LogP contribution is 2.22. The zero-order valence-corrected chi connectivity index (χ0v) is 16.8. The second-order valence-corrected chi connectivity index (χ2v) is 5.36. The number of aliphatic imine (C=N–C) groups is 1. The van der Waals surface area contributed by atoms with Crippen molar-refractivity contribution in [1.82, 2.24) is 10.6 Å². The highest BCUT2D eigenvalue weighted by atomic mass is 127. The summed E-state index contributed by atoms with van der Waals surface area (Å²) < 4.78 is 10.8. The van der Waals surface area contributed by atoms with Crippen LogP contribution in [0.25, 0.3) is 0 Å². The van der Waals surface area contributed by atoms with E-state index in [0.29, 0.717) is 11.7 Å². The molecule has 1 aromatic heterocycles. The van der Waals surface area contributed by atoms with Gasteiger partial charge in [-0.1, -0.05) is 0 Å². The van der Waals surface area contributed by atoms with Crippen LogP contribution < -0.4 is 10.6 Å². The Labute approximate surface area is 156 Å². The van der Waals surface area contributed by atoms with Crippen LogP contribution in [0.5, 0.6) is 0 Å². The van der Waals surface area contributed by atoms with Crippen LogP contribution in [0.3, 0.4) is 0 Å². The Kier molecular flexibility index (Phi) is 11.3. The first kappa shape index (κ1) is 22.2. The Morgan fingerprint density at radius 3 is 2.65 bits per heavy atom. The molecule has 0 aliphatic heterocycles. The second-order valence-electron chi connectivity index (χ2n) is 5.36. The Morgan fingerprint density at radius 1 is 1.35 bits per heavy atom. The van der Waals surface area contributed by atoms with E-state index in [1.165, 1.54) is 0 Å². The minimum absolute atomic E-state index is 0. The topological polar surface area (TPSA) is 79.0 Å². The molecule has 0 radical (unpaired) electrons. The SMILES string of the molecule is CCNC(=NCC(C)(O)c1ccc(C)o1)NCCCOCC.I. The van der Waals surface area contributed by atoms with Crippen molar-refractivity contribution < 1.29 is 14.3 Å². The summed E-state index contributed by atoms with van der Waals surface area (Å²) in [7, 11) is 0. The normalized spacial score (nSPS) is 14.0. The van der Waals surface area contributed by atoms with Gasteiger partial charge >= 0.3 is 0 Å². The van der Waals surface area contributed by atoms with E-state index in [1.807, 2.05) is 26.8 Å². The van der Waals surface area contributed by atoms with Crippen molar-refractivity contribution in [3.05, 3.63) is 23.7 Å². The lowest BCUT2D eigenvalue weighted by molar-refractivity contribution is 0.0428. The smallest absolute Gasteiger partial charge is 0.191 e. The van der Waals surface area contributed by atoms with Crippen LogP contribution in [0.1, 0.15) is 38.7 Å². The van der Waals surface area contributed by atoms with Gasteiger partial charge in [0, 0.05) is 26.3 Å². The lowest BCUT2D eigenvalue weighted by atomic mass is 10.0. The molecule has 1 atom stereocenters. The lowest BCUT2D eigenvalue weighted by Gasteiger charge is -2.19. The van der Waals surface area contributed by atoms with Crippen molar-refractivity contribution >= 4 is 29.9 Å². The molecule has 0 saturated carbocycles. The fraction of sp³-hybridized carbons (Fsp3) is 0.688. The number of hydrogen-bond donors (Lipinski definition) is 3. The van der Waals surface area contributed by atoms with E-state index in [1.54, 1.807) is 13.0 Å². The van der Waals surface area contributed by atoms with Gasteiger partial charge in [0.25, 0.3) is 0 Å². The number of guanidine groups is 1. The molecule has 6 nitrogen and oxygen atoms in total. The Morgan fingerprint density at radius 2 is 2.09 bits per heavy atom. The molecule has 0 spiro atoms. The van der Waals surface area contributed by atoms with E-state index in [-0.39, 0.29) is 30.5 Å². The molecule has 0 fully saturated rings. The quantitative estimate of drug-likeness (QED) is 0.238. The number of aliphatic hydroxyl groups is 1. The summed E-state index contributed by atoms with van der Waals surface area (Å²) in [5, 5.41) is 16.9. The fourth-order valence-electron chi connectivity index (χ4n) is 1.90. The van der Waals surface area contributed by atoms with Gasteiger partial charge in [0.05, 0.1) is 6.54 Å². The number of furan rings is 1. The maximum absolute atomic E-state index is 10.5. The fourth-order valence-corrected chi connectivity index (χ4v) is 1.90. The predicted molar refractivity (Wildman–Crippen MR) is 104 cm³/mol. The zero-order valence-electron chi connectivity index (χ0n) is 14.5. The van der Waals surface area contributed by atoms with Crippen molar-refractivity contribution in [2.75, 3.05) is 32.8 Å². The molecule has 0 bridgehead atoms. The number of aryl methyl sites for hydroxylation is 1. The molecule has 7 heteroatoms. The number of halogens is 1. The Bertz CT molecular complexity index is 461. The highest BCUT2D eigenvalue weighted by Gasteiger charge is 2.26. The van der Waals surface area contributed by atoms with Crippen molar-refractivity contribution in [2.24, 2.45) is 4.99 Å². The van der Waals surface area contributed by atoms with Crippen LogP contribution >= 0.6 is 24.0 Å². The minimum Gasteiger partial charge on any atom is -0.463 e. The van der Waals surface area contributed by atoms with Crippen LogP contribution in [0.15, 0.2) is 21.5 Å². The van der Waals surface area contributed by atoms with Gasteiger partial charge in [0.1, 0.15) is 17.1 Å². The summed E-state index contributed by atoms with van der Waals surface area (Å²) in [6, 6.07) is 3.62. The van der Waals surface area contributed by atoms with Crippen molar-refractivity contribution in [1.29, 1.82) is 0 Å². The standard InChI is InChI=1S/C16H29N3O3.HI/c1-5-17-15(18-10-7-11-21-6-2)19-12-16(4,20)14-9-8-13(3)22-14;/h8-9,20H,5-7,10-12H2,1-4H3,(H2,17,18,19);1H. The minimum atomic E-state index is -1.12. The molecule has 1 aromatic rings. The molecule has 1 rings (SSSR count). The highest BCUT2D eigenvalue weighted by molar-refractivity contribution is 14.0. The van der Waals surface area contributed by atoms with Crippen LogP contribution in [-0.2, 0) is 10.3 Å². The first-order chi connectivity index (χ1) is 10.5. The molecule has 0 aromatic carbocycles. The van der Waals surface area contributed by atoms with E-state index in [0.717, 1.165) is 38.5 Å². The lowest BCUT2D eigenvalue weighted by Crippen LogP contribution is -2.39. The average Bonchev–Trinajstić information content (AvgIpc) is 2.92. The predicted octanol–water partition coefficient (Wildman–Crippen LogP) is 2.40. The number of nitrogens with zero attached hydrogens (tertiary/aromatic N) is 1. The van der Waals surface area contributed by atoms with Crippen LogP contribution in [-0.4, -0.2) is 43.9 Å². The van der Waals surface area contributed by atoms with Gasteiger partial charge < -0.3 is 24.9 Å². The summed E-state index contributed by atoms with van der Waals surface area (Å²) in [4.78, 5) is 4.43. The first-order valence-corrected chi connectivity index (χ1v) is 7.88. The molecule has 0 aliphatic rings. The van der Waals surface area contributed by atoms with Crippen molar-refractivity contribution in [3.8, 4) is 0 Å². The molecular formula is C16H30IN3O3. The number of hydrogen-bond acceptors (Lipinski definition) is 4. The molecule has 23 heavy (non-hydrogen) atoms. The maximum atomic E-state index is 10.5. The van der Waals surface area contributed by atoms with E-state index in [9.17, 15) is 5.11 Å². The molecule has 134 valence electrons. The summed E-state index contributed by atoms with van der Waals surface area (Å²) >= 11 is 0. The van der Waals surface area contributed by atoms with E-state index in [2.05, 4.69) is 15.6 Å². The largest absolute Gasteiger partial charge is 0.463 e.